The first-order valence-corrected chi connectivity index (χ1v) is 9.20. The van der Waals surface area contributed by atoms with E-state index in [2.05, 4.69) is 0 Å². The fraction of sp³-hybridized carbons (Fsp3) is 0.0526. The van der Waals surface area contributed by atoms with Crippen LogP contribution in [-0.2, 0) is 6.18 Å². The summed E-state index contributed by atoms with van der Waals surface area (Å²) in [4.78, 5) is 0. The Morgan fingerprint density at radius 3 is 1.56 bits per heavy atom. The Morgan fingerprint density at radius 2 is 1.06 bits per heavy atom. The van der Waals surface area contributed by atoms with Crippen LogP contribution in [0.25, 0.3) is 22.3 Å². The monoisotopic (exact) mass is 500 g/mol. The van der Waals surface area contributed by atoms with Crippen molar-refractivity contribution in [3.8, 4) is 11.3 Å². The lowest BCUT2D eigenvalue weighted by atomic mass is 10.1. The van der Waals surface area contributed by atoms with Crippen molar-refractivity contribution in [1.82, 2.24) is 0 Å². The first-order chi connectivity index (χ1) is 15.5. The molecule has 182 valence electrons. The quantitative estimate of drug-likeness (QED) is 0.123. The van der Waals surface area contributed by atoms with E-state index in [-0.39, 0.29) is 0 Å². The molecule has 0 atom stereocenters. The topological polar surface area (TPSA) is 8.20 Å². The molecule has 3 heterocycles. The third-order valence-corrected chi connectivity index (χ3v) is 4.04. The Morgan fingerprint density at radius 1 is 0.588 bits per heavy atom. The van der Waals surface area contributed by atoms with Gasteiger partial charge in [-0.1, -0.05) is 0 Å². The molecule has 0 fully saturated rings. The minimum Gasteiger partial charge on any atom is -0.418 e. The predicted molar refractivity (Wildman–Crippen MR) is 104 cm³/mol. The van der Waals surface area contributed by atoms with Crippen LogP contribution >= 0.6 is 0 Å². The van der Waals surface area contributed by atoms with Crippen molar-refractivity contribution in [1.29, 1.82) is 0 Å². The Labute approximate surface area is 185 Å². The molecule has 3 aromatic heterocycles. The second-order valence-electron chi connectivity index (χ2n) is 6.53. The van der Waals surface area contributed by atoms with Crippen LogP contribution in [0.15, 0.2) is 79.3 Å². The van der Waals surface area contributed by atoms with Crippen molar-refractivity contribution in [2.75, 3.05) is 0 Å². The molecular weight excluding hydrogens is 487 g/mol. The summed E-state index contributed by atoms with van der Waals surface area (Å²) in [5.74, 6) is 0. The van der Waals surface area contributed by atoms with E-state index in [9.17, 15) is 47.7 Å². The molecule has 0 N–H and O–H groups in total. The Kier molecular flexibility index (Phi) is 8.11. The van der Waals surface area contributed by atoms with Gasteiger partial charge in [0.25, 0.3) is 16.7 Å². The van der Waals surface area contributed by atoms with Crippen LogP contribution in [0.4, 0.5) is 47.7 Å². The molecule has 0 spiro atoms. The molecule has 15 heteroatoms. The molecule has 0 bridgehead atoms. The predicted octanol–water partition coefficient (Wildman–Crippen LogP) is 6.45. The van der Waals surface area contributed by atoms with Gasteiger partial charge in [-0.2, -0.15) is 17.6 Å². The van der Waals surface area contributed by atoms with E-state index in [1.54, 1.807) is 0 Å². The first kappa shape index (κ1) is 26.9. The van der Waals surface area contributed by atoms with Gasteiger partial charge in [-0.3, -0.25) is 0 Å². The number of hydrogen-bond acceptors (Lipinski definition) is 0. The maximum absolute atomic E-state index is 12.8. The molecule has 1 aromatic carbocycles. The van der Waals surface area contributed by atoms with Crippen LogP contribution in [-0.4, -0.2) is 14.5 Å². The number of rotatable bonds is 1. The van der Waals surface area contributed by atoms with E-state index >= 15 is 0 Å². The van der Waals surface area contributed by atoms with Gasteiger partial charge in [-0.15, -0.1) is 4.40 Å². The van der Waals surface area contributed by atoms with Crippen molar-refractivity contribution >= 4 is 25.5 Å². The molecule has 0 amide bonds. The maximum atomic E-state index is 12.8. The van der Waals surface area contributed by atoms with E-state index in [0.717, 1.165) is 34.4 Å². The minimum atomic E-state index is -6.00. The SMILES string of the molecule is FC(F)(F)c1ccc(-c2c[n+]3ccccc3c3cccc[n+]23)cc1.F[B-](F)(F)F.F[B-](F)(F)F. The zero-order valence-corrected chi connectivity index (χ0v) is 16.7. The number of pyridine rings is 2. The molecule has 0 radical (unpaired) electrons. The van der Waals surface area contributed by atoms with Crippen LogP contribution in [0.1, 0.15) is 5.56 Å². The molecule has 4 rings (SSSR count). The third kappa shape index (κ3) is 8.52. The molecule has 0 aliphatic carbocycles. The summed E-state index contributed by atoms with van der Waals surface area (Å²) >= 11 is 0. The van der Waals surface area contributed by atoms with Gasteiger partial charge < -0.3 is 34.5 Å². The highest BCUT2D eigenvalue weighted by atomic mass is 19.5. The third-order valence-electron chi connectivity index (χ3n) is 4.04. The van der Waals surface area contributed by atoms with Crippen molar-refractivity contribution in [2.45, 2.75) is 6.18 Å². The maximum Gasteiger partial charge on any atom is 0.673 e. The number of hydrogen-bond donors (Lipinski definition) is 0. The normalized spacial score (nSPS) is 12.0. The van der Waals surface area contributed by atoms with E-state index in [4.69, 9.17) is 0 Å². The molecule has 0 aliphatic heterocycles. The lowest BCUT2D eigenvalue weighted by Crippen LogP contribution is -2.33. The highest BCUT2D eigenvalue weighted by Crippen LogP contribution is 2.30. The first-order valence-electron chi connectivity index (χ1n) is 9.20. The molecule has 4 aromatic rings. The summed E-state index contributed by atoms with van der Waals surface area (Å²) in [6, 6.07) is 17.0. The van der Waals surface area contributed by atoms with Gasteiger partial charge in [0.1, 0.15) is 0 Å². The summed E-state index contributed by atoms with van der Waals surface area (Å²) in [5.41, 5.74) is 2.91. The second-order valence-corrected chi connectivity index (χ2v) is 6.53. The molecule has 0 saturated carbocycles. The minimum absolute atomic E-state index is 0.644. The summed E-state index contributed by atoms with van der Waals surface area (Å²) in [7, 11) is -12.0. The van der Waals surface area contributed by atoms with E-state index in [0.29, 0.717) is 0 Å². The van der Waals surface area contributed by atoms with Crippen LogP contribution < -0.4 is 8.80 Å². The van der Waals surface area contributed by atoms with Crippen molar-refractivity contribution in [2.24, 2.45) is 0 Å². The smallest absolute Gasteiger partial charge is 0.418 e. The summed E-state index contributed by atoms with van der Waals surface area (Å²) in [5, 5.41) is 0. The number of benzene rings is 1. The highest BCUT2D eigenvalue weighted by molar-refractivity contribution is 6.50. The lowest BCUT2D eigenvalue weighted by Gasteiger charge is -2.06. The number of halogens is 11. The molecule has 0 aliphatic rings. The highest BCUT2D eigenvalue weighted by Gasteiger charge is 2.31. The largest absolute Gasteiger partial charge is 0.673 e. The molecule has 0 saturated heterocycles. The second kappa shape index (κ2) is 10.3. The summed E-state index contributed by atoms with van der Waals surface area (Å²) in [6.45, 7) is 0. The van der Waals surface area contributed by atoms with E-state index in [1.807, 2.05) is 63.8 Å². The average Bonchev–Trinajstić information content (AvgIpc) is 2.70. The van der Waals surface area contributed by atoms with Gasteiger partial charge in [0.15, 0.2) is 12.4 Å². The van der Waals surface area contributed by atoms with Gasteiger partial charge in [-0.25, -0.2) is 0 Å². The number of alkyl halides is 3. The van der Waals surface area contributed by atoms with Crippen molar-refractivity contribution in [3.63, 3.8) is 0 Å². The fourth-order valence-electron chi connectivity index (χ4n) is 2.89. The fourth-order valence-corrected chi connectivity index (χ4v) is 2.89. The van der Waals surface area contributed by atoms with Crippen molar-refractivity contribution in [3.05, 3.63) is 84.8 Å². The summed E-state index contributed by atoms with van der Waals surface area (Å²) < 4.78 is 120. The van der Waals surface area contributed by atoms with E-state index in [1.165, 1.54) is 12.1 Å². The Bertz CT molecular complexity index is 1210. The zero-order chi connectivity index (χ0) is 25.7. The van der Waals surface area contributed by atoms with Crippen LogP contribution in [0.3, 0.4) is 0 Å². The van der Waals surface area contributed by atoms with Crippen LogP contribution in [0.5, 0.6) is 0 Å². The number of nitrogens with zero attached hydrogens (tertiary/aromatic N) is 2. The van der Waals surface area contributed by atoms with Gasteiger partial charge in [0, 0.05) is 24.3 Å². The van der Waals surface area contributed by atoms with Gasteiger partial charge in [0.05, 0.1) is 11.1 Å². The van der Waals surface area contributed by atoms with Crippen LogP contribution in [0.2, 0.25) is 0 Å². The molecular formula is C19H13B2F11N2. The van der Waals surface area contributed by atoms with Gasteiger partial charge in [-0.05, 0) is 36.4 Å². The average molecular weight is 500 g/mol. The molecule has 0 unspecified atom stereocenters. The van der Waals surface area contributed by atoms with Crippen molar-refractivity contribution < 1.29 is 56.5 Å². The molecule has 2 nitrogen and oxygen atoms in total. The molecule has 34 heavy (non-hydrogen) atoms. The standard InChI is InChI=1S/C19H13F3N2.2BF4/c20-19(21,22)15-9-7-14(8-10-15)18-13-23-11-3-1-5-16(23)17-6-2-4-12-24(17)18;2*2-1(3,4)5/h1-13H;;/q+2;2*-1. The van der Waals surface area contributed by atoms with Gasteiger partial charge >= 0.3 is 20.7 Å². The zero-order valence-electron chi connectivity index (χ0n) is 16.7. The van der Waals surface area contributed by atoms with Gasteiger partial charge in [0.2, 0.25) is 6.20 Å². The summed E-state index contributed by atoms with van der Waals surface area (Å²) in [6.07, 6.45) is 1.43. The Balaban J connectivity index is 0.000000347. The Hall–Kier alpha value is -3.38. The lowest BCUT2D eigenvalue weighted by molar-refractivity contribution is -0.556. The van der Waals surface area contributed by atoms with Crippen LogP contribution in [0, 0.1) is 0 Å². The number of aromatic nitrogens is 2. The van der Waals surface area contributed by atoms with E-state index < -0.39 is 26.2 Å². The number of fused-ring (bicyclic) bond motifs is 3.